The Morgan fingerprint density at radius 2 is 1.89 bits per heavy atom. The molecule has 1 aromatic carbocycles. The molecule has 3 aromatic rings. The summed E-state index contributed by atoms with van der Waals surface area (Å²) in [6, 6.07) is 9.63. The lowest BCUT2D eigenvalue weighted by atomic mass is 9.99. The molecule has 8 heteroatoms. The number of nitrogens with one attached hydrogen (secondary N) is 2. The smallest absolute Gasteiger partial charge is 0.245 e. The molecule has 1 aliphatic rings. The van der Waals surface area contributed by atoms with Gasteiger partial charge in [0.1, 0.15) is 17.6 Å². The molecule has 6 nitrogen and oxygen atoms in total. The largest absolute Gasteiger partial charge is 0.357 e. The van der Waals surface area contributed by atoms with Crippen LogP contribution >= 0.6 is 12.4 Å². The van der Waals surface area contributed by atoms with E-state index in [4.69, 9.17) is 5.10 Å². The van der Waals surface area contributed by atoms with Gasteiger partial charge in [0, 0.05) is 43.7 Å². The van der Waals surface area contributed by atoms with Crippen LogP contribution in [-0.4, -0.2) is 34.3 Å². The first-order chi connectivity index (χ1) is 12.7. The molecule has 0 fully saturated rings. The summed E-state index contributed by atoms with van der Waals surface area (Å²) in [7, 11) is 1.62. The van der Waals surface area contributed by atoms with Gasteiger partial charge in [0.2, 0.25) is 5.91 Å². The van der Waals surface area contributed by atoms with E-state index in [1.165, 1.54) is 12.1 Å². The second-order valence-corrected chi connectivity index (χ2v) is 6.12. The molecule has 0 unspecified atom stereocenters. The van der Waals surface area contributed by atoms with Crippen molar-refractivity contribution >= 4 is 18.3 Å². The number of fused-ring (bicyclic) bond motifs is 1. The number of carbonyl (C=O) groups excluding carboxylic acids is 1. The highest BCUT2D eigenvalue weighted by Crippen LogP contribution is 2.36. The average Bonchev–Trinajstić information content (AvgIpc) is 3.08. The first-order valence-electron chi connectivity index (χ1n) is 8.39. The summed E-state index contributed by atoms with van der Waals surface area (Å²) >= 11 is 0. The maximum Gasteiger partial charge on any atom is 0.245 e. The van der Waals surface area contributed by atoms with E-state index in [9.17, 15) is 9.18 Å². The summed E-state index contributed by atoms with van der Waals surface area (Å²) in [5, 5.41) is 10.7. The fourth-order valence-electron chi connectivity index (χ4n) is 3.31. The van der Waals surface area contributed by atoms with Crippen LogP contribution in [0.4, 0.5) is 4.39 Å². The number of likely N-dealkylation sites (N-methyl/N-ethyl adjacent to an activating group) is 1. The molecular weight excluding hydrogens is 369 g/mol. The second kappa shape index (κ2) is 7.85. The maximum atomic E-state index is 13.4. The Morgan fingerprint density at radius 3 is 2.56 bits per heavy atom. The van der Waals surface area contributed by atoms with Gasteiger partial charge >= 0.3 is 0 Å². The molecule has 27 heavy (non-hydrogen) atoms. The van der Waals surface area contributed by atoms with Crippen molar-refractivity contribution < 1.29 is 9.18 Å². The molecule has 0 saturated carbocycles. The summed E-state index contributed by atoms with van der Waals surface area (Å²) < 4.78 is 15.2. The molecule has 0 aliphatic carbocycles. The quantitative estimate of drug-likeness (QED) is 0.724. The Bertz CT molecular complexity index is 943. The lowest BCUT2D eigenvalue weighted by Crippen LogP contribution is -2.42. The van der Waals surface area contributed by atoms with Crippen LogP contribution in [0.2, 0.25) is 0 Å². The van der Waals surface area contributed by atoms with Gasteiger partial charge in [-0.05, 0) is 42.0 Å². The molecule has 140 valence electrons. The molecule has 3 heterocycles. The van der Waals surface area contributed by atoms with Crippen LogP contribution in [0.1, 0.15) is 11.7 Å². The van der Waals surface area contributed by atoms with Crippen molar-refractivity contribution in [3.8, 4) is 22.4 Å². The van der Waals surface area contributed by atoms with Gasteiger partial charge in [0.15, 0.2) is 0 Å². The topological polar surface area (TPSA) is 71.8 Å². The fraction of sp³-hybridized carbons (Fsp3) is 0.211. The van der Waals surface area contributed by atoms with E-state index >= 15 is 0 Å². The molecule has 1 amide bonds. The third kappa shape index (κ3) is 3.43. The lowest BCUT2D eigenvalue weighted by molar-refractivity contribution is -0.124. The third-order valence-corrected chi connectivity index (χ3v) is 4.57. The third-order valence-electron chi connectivity index (χ3n) is 4.57. The number of hydrogen-bond acceptors (Lipinski definition) is 4. The first kappa shape index (κ1) is 19.0. The molecule has 2 N–H and O–H groups in total. The maximum absolute atomic E-state index is 13.4. The predicted molar refractivity (Wildman–Crippen MR) is 103 cm³/mol. The standard InChI is InChI=1S/C19H18FN5O.ClH/c1-21-19(26)16-11-23-10-15-17(12-6-8-22-9-7-12)18(24-25(15)16)13-2-4-14(20)5-3-13;/h2-9,16,23H,10-11H2,1H3,(H,21,26);1H/t16-;/m1./s1. The van der Waals surface area contributed by atoms with Gasteiger partial charge in [-0.15, -0.1) is 12.4 Å². The lowest BCUT2D eigenvalue weighted by Gasteiger charge is -2.24. The number of halogens is 2. The minimum atomic E-state index is -0.432. The normalized spacial score (nSPS) is 15.6. The first-order valence-corrected chi connectivity index (χ1v) is 8.39. The number of rotatable bonds is 3. The van der Waals surface area contributed by atoms with Crippen LogP contribution in [0, 0.1) is 5.82 Å². The summed E-state index contributed by atoms with van der Waals surface area (Å²) in [4.78, 5) is 16.4. The van der Waals surface area contributed by atoms with Crippen LogP contribution in [0.15, 0.2) is 48.8 Å². The molecule has 0 spiro atoms. The minimum Gasteiger partial charge on any atom is -0.357 e. The van der Waals surface area contributed by atoms with Gasteiger partial charge in [-0.3, -0.25) is 14.5 Å². The molecule has 4 rings (SSSR count). The highest BCUT2D eigenvalue weighted by Gasteiger charge is 2.31. The number of hydrogen-bond donors (Lipinski definition) is 2. The SMILES string of the molecule is CNC(=O)[C@H]1CNCc2c(-c3ccncc3)c(-c3ccc(F)cc3)nn21.Cl. The van der Waals surface area contributed by atoms with E-state index in [1.54, 1.807) is 36.3 Å². The van der Waals surface area contributed by atoms with Crippen LogP contribution in [0.25, 0.3) is 22.4 Å². The van der Waals surface area contributed by atoms with Crippen molar-refractivity contribution in [3.05, 3.63) is 60.3 Å². The van der Waals surface area contributed by atoms with Crippen LogP contribution in [0.5, 0.6) is 0 Å². The van der Waals surface area contributed by atoms with E-state index < -0.39 is 6.04 Å². The zero-order valence-corrected chi connectivity index (χ0v) is 15.5. The van der Waals surface area contributed by atoms with Crippen molar-refractivity contribution in [1.82, 2.24) is 25.4 Å². The number of aromatic nitrogens is 3. The van der Waals surface area contributed by atoms with E-state index in [0.717, 1.165) is 28.1 Å². The van der Waals surface area contributed by atoms with Crippen LogP contribution in [-0.2, 0) is 11.3 Å². The number of amides is 1. The Morgan fingerprint density at radius 1 is 1.19 bits per heavy atom. The van der Waals surface area contributed by atoms with Gasteiger partial charge in [0.25, 0.3) is 0 Å². The molecular formula is C19H19ClFN5O. The van der Waals surface area contributed by atoms with Crippen LogP contribution in [0.3, 0.4) is 0 Å². The molecule has 0 saturated heterocycles. The monoisotopic (exact) mass is 387 g/mol. The van der Waals surface area contributed by atoms with Crippen molar-refractivity contribution in [2.75, 3.05) is 13.6 Å². The average molecular weight is 388 g/mol. The Hall–Kier alpha value is -2.77. The van der Waals surface area contributed by atoms with Gasteiger partial charge in [-0.1, -0.05) is 0 Å². The van der Waals surface area contributed by atoms with Gasteiger partial charge < -0.3 is 10.6 Å². The summed E-state index contributed by atoms with van der Waals surface area (Å²) in [6.45, 7) is 1.10. The van der Waals surface area contributed by atoms with Gasteiger partial charge in [0.05, 0.1) is 5.69 Å². The predicted octanol–water partition coefficient (Wildman–Crippen LogP) is 2.56. The van der Waals surface area contributed by atoms with Crippen molar-refractivity contribution in [1.29, 1.82) is 0 Å². The fourth-order valence-corrected chi connectivity index (χ4v) is 3.31. The minimum absolute atomic E-state index is 0. The highest BCUT2D eigenvalue weighted by atomic mass is 35.5. The number of pyridine rings is 1. The van der Waals surface area contributed by atoms with E-state index in [2.05, 4.69) is 15.6 Å². The van der Waals surface area contributed by atoms with Crippen molar-refractivity contribution in [2.45, 2.75) is 12.6 Å². The van der Waals surface area contributed by atoms with Crippen molar-refractivity contribution in [2.24, 2.45) is 0 Å². The van der Waals surface area contributed by atoms with E-state index in [-0.39, 0.29) is 24.1 Å². The Labute approximate surface area is 162 Å². The van der Waals surface area contributed by atoms with E-state index in [1.807, 2.05) is 12.1 Å². The van der Waals surface area contributed by atoms with Crippen LogP contribution < -0.4 is 10.6 Å². The number of benzene rings is 1. The Kier molecular flexibility index (Phi) is 5.53. The van der Waals surface area contributed by atoms with Crippen molar-refractivity contribution in [3.63, 3.8) is 0 Å². The summed E-state index contributed by atoms with van der Waals surface area (Å²) in [6.07, 6.45) is 3.45. The second-order valence-electron chi connectivity index (χ2n) is 6.12. The zero-order chi connectivity index (χ0) is 18.1. The summed E-state index contributed by atoms with van der Waals surface area (Å²) in [5.74, 6) is -0.402. The number of nitrogens with zero attached hydrogens (tertiary/aromatic N) is 3. The Balaban J connectivity index is 0.00000210. The van der Waals surface area contributed by atoms with E-state index in [0.29, 0.717) is 13.1 Å². The number of carbonyl (C=O) groups is 1. The van der Waals surface area contributed by atoms with Gasteiger partial charge in [-0.2, -0.15) is 5.10 Å². The molecule has 0 bridgehead atoms. The zero-order valence-electron chi connectivity index (χ0n) is 14.6. The van der Waals surface area contributed by atoms with Gasteiger partial charge in [-0.25, -0.2) is 4.39 Å². The summed E-state index contributed by atoms with van der Waals surface area (Å²) in [5.41, 5.74) is 4.34. The molecule has 1 aliphatic heterocycles. The molecule has 0 radical (unpaired) electrons. The molecule has 1 atom stereocenters. The molecule has 2 aromatic heterocycles. The highest BCUT2D eigenvalue weighted by molar-refractivity contribution is 5.86.